The predicted molar refractivity (Wildman–Crippen MR) is 116 cm³/mol. The number of halogens is 1. The van der Waals surface area contributed by atoms with Crippen molar-refractivity contribution in [3.05, 3.63) is 76.3 Å². The Labute approximate surface area is 182 Å². The third kappa shape index (κ3) is 4.56. The molecule has 3 aromatic rings. The summed E-state index contributed by atoms with van der Waals surface area (Å²) >= 11 is 0. The maximum absolute atomic E-state index is 13.5. The summed E-state index contributed by atoms with van der Waals surface area (Å²) in [5, 5.41) is 4.32. The quantitative estimate of drug-likeness (QED) is 0.571. The lowest BCUT2D eigenvalue weighted by Gasteiger charge is -2.27. The molecule has 0 bridgehead atoms. The van der Waals surface area contributed by atoms with Crippen LogP contribution in [0.2, 0.25) is 0 Å². The smallest absolute Gasteiger partial charge is 0.258 e. The molecule has 6 nitrogen and oxygen atoms in total. The minimum Gasteiger partial charge on any atom is -0.465 e. The normalized spacial score (nSPS) is 13.9. The molecular formula is C24H29FN4O2. The Morgan fingerprint density at radius 1 is 1.23 bits per heavy atom. The third-order valence-electron chi connectivity index (χ3n) is 5.89. The highest BCUT2D eigenvalue weighted by Gasteiger charge is 2.30. The van der Waals surface area contributed by atoms with E-state index < -0.39 is 0 Å². The van der Waals surface area contributed by atoms with E-state index >= 15 is 0 Å². The Morgan fingerprint density at radius 3 is 2.68 bits per heavy atom. The minimum absolute atomic E-state index is 0.00196. The van der Waals surface area contributed by atoms with E-state index in [1.807, 2.05) is 54.9 Å². The van der Waals surface area contributed by atoms with Crippen molar-refractivity contribution in [2.24, 2.45) is 0 Å². The maximum atomic E-state index is 13.5. The maximum Gasteiger partial charge on any atom is 0.258 e. The second kappa shape index (κ2) is 9.06. The van der Waals surface area contributed by atoms with E-state index in [0.29, 0.717) is 37.5 Å². The van der Waals surface area contributed by atoms with Crippen LogP contribution in [0, 0.1) is 12.7 Å². The van der Waals surface area contributed by atoms with Gasteiger partial charge in [-0.25, -0.2) is 4.39 Å². The van der Waals surface area contributed by atoms with Crippen molar-refractivity contribution in [1.82, 2.24) is 19.6 Å². The van der Waals surface area contributed by atoms with Crippen molar-refractivity contribution >= 4 is 5.91 Å². The Morgan fingerprint density at radius 2 is 2.00 bits per heavy atom. The van der Waals surface area contributed by atoms with E-state index in [9.17, 15) is 9.18 Å². The van der Waals surface area contributed by atoms with Crippen molar-refractivity contribution < 1.29 is 13.6 Å². The van der Waals surface area contributed by atoms with E-state index in [0.717, 1.165) is 42.0 Å². The van der Waals surface area contributed by atoms with Gasteiger partial charge in [0.05, 0.1) is 11.8 Å². The zero-order valence-electron chi connectivity index (χ0n) is 18.4. The van der Waals surface area contributed by atoms with Crippen LogP contribution in [0.4, 0.5) is 4.39 Å². The first-order valence-electron chi connectivity index (χ1n) is 10.9. The summed E-state index contributed by atoms with van der Waals surface area (Å²) in [4.78, 5) is 17.6. The van der Waals surface area contributed by atoms with Gasteiger partial charge < -0.3 is 9.32 Å². The van der Waals surface area contributed by atoms with E-state index in [4.69, 9.17) is 4.42 Å². The molecule has 0 saturated heterocycles. The van der Waals surface area contributed by atoms with Gasteiger partial charge in [-0.3, -0.25) is 14.4 Å². The SMILES string of the molecule is CCN(Cc1cnn(CC)c1)C(=O)c1c(C)oc2c1CN(Cc1ccc(F)cc1)CC2. The monoisotopic (exact) mass is 424 g/mol. The summed E-state index contributed by atoms with van der Waals surface area (Å²) in [5.41, 5.74) is 3.74. The third-order valence-corrected chi connectivity index (χ3v) is 5.89. The molecule has 0 unspecified atom stereocenters. The fraction of sp³-hybridized carbons (Fsp3) is 0.417. The number of benzene rings is 1. The highest BCUT2D eigenvalue weighted by Crippen LogP contribution is 2.30. The van der Waals surface area contributed by atoms with E-state index in [2.05, 4.69) is 10.00 Å². The fourth-order valence-electron chi connectivity index (χ4n) is 4.21. The molecule has 0 atom stereocenters. The first kappa shape index (κ1) is 21.3. The van der Waals surface area contributed by atoms with Crippen molar-refractivity contribution in [2.45, 2.75) is 53.4 Å². The molecule has 31 heavy (non-hydrogen) atoms. The Bertz CT molecular complexity index is 1050. The second-order valence-electron chi connectivity index (χ2n) is 8.05. The zero-order valence-corrected chi connectivity index (χ0v) is 18.4. The Hall–Kier alpha value is -2.93. The number of hydrogen-bond acceptors (Lipinski definition) is 4. The molecule has 2 aromatic heterocycles. The average Bonchev–Trinajstić information content (AvgIpc) is 3.36. The number of carbonyl (C=O) groups excluding carboxylic acids is 1. The molecule has 0 spiro atoms. The zero-order chi connectivity index (χ0) is 22.0. The molecule has 7 heteroatoms. The topological polar surface area (TPSA) is 54.5 Å². The molecule has 0 fully saturated rings. The van der Waals surface area contributed by atoms with Crippen molar-refractivity contribution in [1.29, 1.82) is 0 Å². The summed E-state index contributed by atoms with van der Waals surface area (Å²) in [6, 6.07) is 6.60. The molecule has 0 N–H and O–H groups in total. The highest BCUT2D eigenvalue weighted by atomic mass is 19.1. The van der Waals surface area contributed by atoms with Crippen LogP contribution in [0.3, 0.4) is 0 Å². The summed E-state index contributed by atoms with van der Waals surface area (Å²) < 4.78 is 21.1. The largest absolute Gasteiger partial charge is 0.465 e. The van der Waals surface area contributed by atoms with Crippen molar-refractivity contribution in [3.8, 4) is 0 Å². The van der Waals surface area contributed by atoms with Crippen LogP contribution in [0.25, 0.3) is 0 Å². The number of nitrogens with zero attached hydrogens (tertiary/aromatic N) is 4. The van der Waals surface area contributed by atoms with Crippen LogP contribution in [0.5, 0.6) is 0 Å². The summed E-state index contributed by atoms with van der Waals surface area (Å²) in [7, 11) is 0. The lowest BCUT2D eigenvalue weighted by Crippen LogP contribution is -2.34. The van der Waals surface area contributed by atoms with Gasteiger partial charge in [-0.2, -0.15) is 5.10 Å². The molecule has 4 rings (SSSR count). The molecule has 0 radical (unpaired) electrons. The molecule has 3 heterocycles. The van der Waals surface area contributed by atoms with Gasteiger partial charge in [-0.05, 0) is 38.5 Å². The lowest BCUT2D eigenvalue weighted by molar-refractivity contribution is 0.0748. The van der Waals surface area contributed by atoms with Crippen LogP contribution >= 0.6 is 0 Å². The summed E-state index contributed by atoms with van der Waals surface area (Å²) in [6.07, 6.45) is 4.57. The molecule has 1 aliphatic rings. The molecule has 1 amide bonds. The lowest BCUT2D eigenvalue weighted by atomic mass is 10.0. The fourth-order valence-corrected chi connectivity index (χ4v) is 4.21. The minimum atomic E-state index is -0.229. The van der Waals surface area contributed by atoms with E-state index in [1.165, 1.54) is 12.1 Å². The van der Waals surface area contributed by atoms with Crippen molar-refractivity contribution in [2.75, 3.05) is 13.1 Å². The Balaban J connectivity index is 1.53. The number of hydrogen-bond donors (Lipinski definition) is 0. The highest BCUT2D eigenvalue weighted by molar-refractivity contribution is 5.97. The molecule has 0 aliphatic carbocycles. The van der Waals surface area contributed by atoms with Gasteiger partial charge in [0.1, 0.15) is 17.3 Å². The number of aryl methyl sites for hydroxylation is 2. The van der Waals surface area contributed by atoms with Gasteiger partial charge in [-0.1, -0.05) is 12.1 Å². The number of fused-ring (bicyclic) bond motifs is 1. The first-order chi connectivity index (χ1) is 15.0. The summed E-state index contributed by atoms with van der Waals surface area (Å²) in [5.74, 6) is 1.36. The molecule has 0 saturated carbocycles. The van der Waals surface area contributed by atoms with Gasteiger partial charge in [0, 0.05) is 63.0 Å². The van der Waals surface area contributed by atoms with Crippen LogP contribution in [0.15, 0.2) is 41.1 Å². The number of rotatable bonds is 7. The van der Waals surface area contributed by atoms with Gasteiger partial charge in [0.15, 0.2) is 0 Å². The number of aromatic nitrogens is 2. The van der Waals surface area contributed by atoms with E-state index in [1.54, 1.807) is 0 Å². The summed E-state index contributed by atoms with van der Waals surface area (Å²) in [6.45, 7) is 10.0. The predicted octanol–water partition coefficient (Wildman–Crippen LogP) is 4.16. The van der Waals surface area contributed by atoms with Crippen LogP contribution in [0.1, 0.15) is 52.4 Å². The Kier molecular flexibility index (Phi) is 6.23. The molecular weight excluding hydrogens is 395 g/mol. The van der Waals surface area contributed by atoms with Gasteiger partial charge in [0.25, 0.3) is 5.91 Å². The first-order valence-corrected chi connectivity index (χ1v) is 10.9. The van der Waals surface area contributed by atoms with Crippen molar-refractivity contribution in [3.63, 3.8) is 0 Å². The number of carbonyl (C=O) groups is 1. The second-order valence-corrected chi connectivity index (χ2v) is 8.05. The van der Waals surface area contributed by atoms with Crippen LogP contribution in [-0.4, -0.2) is 38.6 Å². The van der Waals surface area contributed by atoms with E-state index in [-0.39, 0.29) is 11.7 Å². The van der Waals surface area contributed by atoms with Gasteiger partial charge in [-0.15, -0.1) is 0 Å². The molecule has 1 aromatic carbocycles. The van der Waals surface area contributed by atoms with Gasteiger partial charge >= 0.3 is 0 Å². The van der Waals surface area contributed by atoms with Crippen LogP contribution in [-0.2, 0) is 32.6 Å². The molecule has 164 valence electrons. The van der Waals surface area contributed by atoms with Crippen LogP contribution < -0.4 is 0 Å². The van der Waals surface area contributed by atoms with Gasteiger partial charge in [0.2, 0.25) is 0 Å². The average molecular weight is 425 g/mol. The number of amides is 1. The molecule has 1 aliphatic heterocycles. The number of furan rings is 1. The standard InChI is InChI=1S/C24H29FN4O2/c1-4-28(14-19-12-26-29(5-2)15-19)24(30)23-17(3)31-22-10-11-27(16-21(22)23)13-18-6-8-20(25)9-7-18/h6-9,12,15H,4-5,10-11,13-14,16H2,1-3H3.